The van der Waals surface area contributed by atoms with Gasteiger partial charge in [0.05, 0.1) is 25.0 Å². The lowest BCUT2D eigenvalue weighted by molar-refractivity contribution is -0.151. The molecule has 0 aromatic heterocycles. The molecular weight excluding hydrogens is 340 g/mol. The maximum absolute atomic E-state index is 12.3. The minimum Gasteiger partial charge on any atom is -0.465 e. The van der Waals surface area contributed by atoms with E-state index in [9.17, 15) is 9.59 Å². The van der Waals surface area contributed by atoms with Crippen molar-refractivity contribution in [1.29, 1.82) is 0 Å². The van der Waals surface area contributed by atoms with E-state index in [0.29, 0.717) is 25.0 Å². The number of esters is 2. The van der Waals surface area contributed by atoms with E-state index >= 15 is 0 Å². The SMILES string of the molecule is CCC(COC(=O)C1CCCCC1)CC(CC)COC(=O)C1CCCCC1. The molecule has 0 heterocycles. The third kappa shape index (κ3) is 7.83. The molecule has 2 atom stereocenters. The van der Waals surface area contributed by atoms with Crippen LogP contribution in [0.2, 0.25) is 0 Å². The minimum atomic E-state index is 0.00456. The molecule has 0 aromatic carbocycles. The summed E-state index contributed by atoms with van der Waals surface area (Å²) in [6.07, 6.45) is 14.0. The molecule has 0 radical (unpaired) electrons. The maximum atomic E-state index is 12.3. The van der Waals surface area contributed by atoms with Crippen LogP contribution >= 0.6 is 0 Å². The van der Waals surface area contributed by atoms with Crippen molar-refractivity contribution in [1.82, 2.24) is 0 Å². The lowest BCUT2D eigenvalue weighted by Crippen LogP contribution is -2.26. The van der Waals surface area contributed by atoms with Gasteiger partial charge in [0.2, 0.25) is 0 Å². The first-order chi connectivity index (χ1) is 13.1. The van der Waals surface area contributed by atoms with Crippen LogP contribution in [0.5, 0.6) is 0 Å². The van der Waals surface area contributed by atoms with Crippen LogP contribution in [0.4, 0.5) is 0 Å². The average Bonchev–Trinajstić information content (AvgIpc) is 2.74. The zero-order chi connectivity index (χ0) is 19.5. The number of rotatable bonds is 10. The summed E-state index contributed by atoms with van der Waals surface area (Å²) in [6, 6.07) is 0. The molecule has 2 saturated carbocycles. The monoisotopic (exact) mass is 380 g/mol. The second-order valence-electron chi connectivity index (χ2n) is 8.71. The van der Waals surface area contributed by atoms with Crippen LogP contribution in [-0.4, -0.2) is 25.2 Å². The Balaban J connectivity index is 1.69. The van der Waals surface area contributed by atoms with E-state index in [2.05, 4.69) is 13.8 Å². The number of hydrogen-bond donors (Lipinski definition) is 0. The molecule has 0 amide bonds. The smallest absolute Gasteiger partial charge is 0.308 e. The fourth-order valence-electron chi connectivity index (χ4n) is 4.49. The zero-order valence-electron chi connectivity index (χ0n) is 17.5. The Hall–Kier alpha value is -1.06. The summed E-state index contributed by atoms with van der Waals surface area (Å²) in [7, 11) is 0. The first-order valence-electron chi connectivity index (χ1n) is 11.5. The summed E-state index contributed by atoms with van der Waals surface area (Å²) in [5.74, 6) is 0.964. The Morgan fingerprint density at radius 2 is 1.07 bits per heavy atom. The van der Waals surface area contributed by atoms with Gasteiger partial charge in [0, 0.05) is 0 Å². The largest absolute Gasteiger partial charge is 0.465 e. The molecule has 2 rings (SSSR count). The van der Waals surface area contributed by atoms with Crippen molar-refractivity contribution >= 4 is 11.9 Å². The van der Waals surface area contributed by atoms with Crippen LogP contribution in [0.15, 0.2) is 0 Å². The highest BCUT2D eigenvalue weighted by molar-refractivity contribution is 5.72. The third-order valence-electron chi connectivity index (χ3n) is 6.62. The summed E-state index contributed by atoms with van der Waals surface area (Å²) in [5, 5.41) is 0. The van der Waals surface area contributed by atoms with E-state index in [1.54, 1.807) is 0 Å². The number of hydrogen-bond acceptors (Lipinski definition) is 4. The van der Waals surface area contributed by atoms with E-state index in [-0.39, 0.29) is 23.8 Å². The molecule has 0 bridgehead atoms. The summed E-state index contributed by atoms with van der Waals surface area (Å²) in [5.41, 5.74) is 0. The predicted molar refractivity (Wildman–Crippen MR) is 107 cm³/mol. The van der Waals surface area contributed by atoms with Crippen LogP contribution in [-0.2, 0) is 19.1 Å². The quantitative estimate of drug-likeness (QED) is 0.458. The number of carbonyl (C=O) groups is 2. The molecule has 0 spiro atoms. The maximum Gasteiger partial charge on any atom is 0.308 e. The van der Waals surface area contributed by atoms with Gasteiger partial charge < -0.3 is 9.47 Å². The molecule has 0 N–H and O–H groups in total. The second kappa shape index (κ2) is 12.4. The fourth-order valence-corrected chi connectivity index (χ4v) is 4.49. The predicted octanol–water partition coefficient (Wildman–Crippen LogP) is 5.68. The van der Waals surface area contributed by atoms with Crippen molar-refractivity contribution in [2.45, 2.75) is 97.3 Å². The van der Waals surface area contributed by atoms with Crippen LogP contribution < -0.4 is 0 Å². The minimum absolute atomic E-state index is 0.00456. The van der Waals surface area contributed by atoms with Gasteiger partial charge in [-0.25, -0.2) is 0 Å². The van der Waals surface area contributed by atoms with Gasteiger partial charge >= 0.3 is 11.9 Å². The fraction of sp³-hybridized carbons (Fsp3) is 0.913. The summed E-state index contributed by atoms with van der Waals surface area (Å²) in [6.45, 7) is 5.33. The van der Waals surface area contributed by atoms with Gasteiger partial charge in [-0.3, -0.25) is 9.59 Å². The highest BCUT2D eigenvalue weighted by atomic mass is 16.5. The standard InChI is InChI=1S/C23H40O4/c1-3-18(16-26-22(24)20-11-7-5-8-12-20)15-19(4-2)17-27-23(25)21-13-9-6-10-14-21/h18-21H,3-17H2,1-2H3. The molecule has 2 aliphatic rings. The Morgan fingerprint density at radius 3 is 1.41 bits per heavy atom. The first-order valence-corrected chi connectivity index (χ1v) is 11.5. The van der Waals surface area contributed by atoms with Crippen molar-refractivity contribution in [3.63, 3.8) is 0 Å². The van der Waals surface area contributed by atoms with Gasteiger partial charge in [-0.2, -0.15) is 0 Å². The highest BCUT2D eigenvalue weighted by Gasteiger charge is 2.26. The Bertz CT molecular complexity index is 396. The van der Waals surface area contributed by atoms with Gasteiger partial charge in [0.25, 0.3) is 0 Å². The van der Waals surface area contributed by atoms with Crippen LogP contribution in [0.1, 0.15) is 97.3 Å². The molecule has 2 aliphatic carbocycles. The molecule has 0 aromatic rings. The Morgan fingerprint density at radius 1 is 0.704 bits per heavy atom. The van der Waals surface area contributed by atoms with Gasteiger partial charge in [-0.05, 0) is 43.9 Å². The lowest BCUT2D eigenvalue weighted by Gasteiger charge is -2.25. The van der Waals surface area contributed by atoms with Crippen LogP contribution in [0.25, 0.3) is 0 Å². The number of ether oxygens (including phenoxy) is 2. The molecule has 2 fully saturated rings. The molecule has 2 unspecified atom stereocenters. The molecule has 0 aliphatic heterocycles. The van der Waals surface area contributed by atoms with Crippen molar-refractivity contribution in [3.8, 4) is 0 Å². The van der Waals surface area contributed by atoms with Gasteiger partial charge in [-0.1, -0.05) is 65.2 Å². The Labute approximate surface area is 165 Å². The van der Waals surface area contributed by atoms with Gasteiger partial charge in [-0.15, -0.1) is 0 Å². The van der Waals surface area contributed by atoms with Crippen molar-refractivity contribution < 1.29 is 19.1 Å². The van der Waals surface area contributed by atoms with E-state index < -0.39 is 0 Å². The normalized spacial score (nSPS) is 21.4. The first kappa shape index (κ1) is 22.2. The molecule has 156 valence electrons. The number of carbonyl (C=O) groups excluding carboxylic acids is 2. The molecule has 27 heavy (non-hydrogen) atoms. The topological polar surface area (TPSA) is 52.6 Å². The van der Waals surface area contributed by atoms with Crippen molar-refractivity contribution in [2.24, 2.45) is 23.7 Å². The molecule has 4 nitrogen and oxygen atoms in total. The average molecular weight is 381 g/mol. The van der Waals surface area contributed by atoms with Crippen molar-refractivity contribution in [2.75, 3.05) is 13.2 Å². The van der Waals surface area contributed by atoms with Gasteiger partial charge in [0.15, 0.2) is 0 Å². The molecular formula is C23H40O4. The van der Waals surface area contributed by atoms with Crippen LogP contribution in [0, 0.1) is 23.7 Å². The molecule has 4 heteroatoms. The van der Waals surface area contributed by atoms with Gasteiger partial charge in [0.1, 0.15) is 0 Å². The Kier molecular flexibility index (Phi) is 10.2. The highest BCUT2D eigenvalue weighted by Crippen LogP contribution is 2.27. The lowest BCUT2D eigenvalue weighted by atomic mass is 9.89. The van der Waals surface area contributed by atoms with E-state index in [0.717, 1.165) is 70.6 Å². The molecule has 0 saturated heterocycles. The van der Waals surface area contributed by atoms with Crippen LogP contribution in [0.3, 0.4) is 0 Å². The zero-order valence-corrected chi connectivity index (χ0v) is 17.5. The summed E-state index contributed by atoms with van der Waals surface area (Å²) < 4.78 is 11.3. The summed E-state index contributed by atoms with van der Waals surface area (Å²) >= 11 is 0. The van der Waals surface area contributed by atoms with E-state index in [4.69, 9.17) is 9.47 Å². The third-order valence-corrected chi connectivity index (χ3v) is 6.62. The van der Waals surface area contributed by atoms with Crippen molar-refractivity contribution in [3.05, 3.63) is 0 Å². The summed E-state index contributed by atoms with van der Waals surface area (Å²) in [4.78, 5) is 24.5. The second-order valence-corrected chi connectivity index (χ2v) is 8.71. The van der Waals surface area contributed by atoms with E-state index in [1.807, 2.05) is 0 Å². The van der Waals surface area contributed by atoms with E-state index in [1.165, 1.54) is 12.8 Å².